The molecule has 0 unspecified atom stereocenters. The highest BCUT2D eigenvalue weighted by atomic mass is 19.4. The minimum atomic E-state index is -4.75. The molecule has 9 nitrogen and oxygen atoms in total. The van der Waals surface area contributed by atoms with Crippen molar-refractivity contribution in [3.63, 3.8) is 0 Å². The molecule has 0 bridgehead atoms. The molecule has 1 aliphatic rings. The number of nitrogens with two attached hydrogens (primary N) is 1. The van der Waals surface area contributed by atoms with Gasteiger partial charge in [-0.2, -0.15) is 10.6 Å². The predicted molar refractivity (Wildman–Crippen MR) is 130 cm³/mol. The van der Waals surface area contributed by atoms with Crippen LogP contribution in [-0.4, -0.2) is 28.0 Å². The van der Waals surface area contributed by atoms with E-state index in [1.807, 2.05) is 18.3 Å². The average molecular weight is 514 g/mol. The van der Waals surface area contributed by atoms with Crippen LogP contribution in [0.4, 0.5) is 13.2 Å². The maximum atomic E-state index is 12.5. The first-order valence-corrected chi connectivity index (χ1v) is 11.8. The number of aromatic nitrogens is 2. The number of guanidine groups is 1. The zero-order chi connectivity index (χ0) is 26.4. The van der Waals surface area contributed by atoms with Crippen molar-refractivity contribution in [2.45, 2.75) is 50.8 Å². The summed E-state index contributed by atoms with van der Waals surface area (Å²) in [6.45, 7) is 0. The number of alkyl halides is 3. The molecule has 1 heterocycles. The fourth-order valence-corrected chi connectivity index (χ4v) is 4.47. The van der Waals surface area contributed by atoms with E-state index < -0.39 is 12.3 Å². The summed E-state index contributed by atoms with van der Waals surface area (Å²) in [6.07, 6.45) is 3.26. The summed E-state index contributed by atoms with van der Waals surface area (Å²) in [7, 11) is 0. The molecule has 1 aliphatic carbocycles. The Kier molecular flexibility index (Phi) is 7.85. The molecule has 1 amide bonds. The van der Waals surface area contributed by atoms with Gasteiger partial charge in [0.25, 0.3) is 5.91 Å². The quantitative estimate of drug-likeness (QED) is 0.169. The first kappa shape index (κ1) is 25.9. The molecule has 4 rings (SSSR count). The molecular weight excluding hydrogens is 487 g/mol. The van der Waals surface area contributed by atoms with Crippen molar-refractivity contribution in [2.75, 3.05) is 0 Å². The Morgan fingerprint density at radius 3 is 2.41 bits per heavy atom. The summed E-state index contributed by atoms with van der Waals surface area (Å²) in [4.78, 5) is 12.3. The Morgan fingerprint density at radius 1 is 1.11 bits per heavy atom. The second kappa shape index (κ2) is 11.2. The fourth-order valence-electron chi connectivity index (χ4n) is 4.47. The van der Waals surface area contributed by atoms with Crippen molar-refractivity contribution in [3.05, 3.63) is 77.1 Å². The van der Waals surface area contributed by atoms with Crippen LogP contribution in [0.25, 0.3) is 5.69 Å². The molecule has 0 atom stereocenters. The Labute approximate surface area is 211 Å². The van der Waals surface area contributed by atoms with E-state index in [2.05, 4.69) is 20.4 Å². The number of nitrogens with one attached hydrogen (secondary N) is 2. The van der Waals surface area contributed by atoms with Gasteiger partial charge in [0.2, 0.25) is 5.96 Å². The van der Waals surface area contributed by atoms with E-state index in [4.69, 9.17) is 16.4 Å². The van der Waals surface area contributed by atoms with Crippen LogP contribution in [0.1, 0.15) is 65.2 Å². The number of benzene rings is 2. The number of carbonyl (C=O) groups excluding carboxylic acids is 1. The number of ether oxygens (including phenoxy) is 1. The van der Waals surface area contributed by atoms with Crippen molar-refractivity contribution in [1.82, 2.24) is 15.1 Å². The van der Waals surface area contributed by atoms with Crippen molar-refractivity contribution >= 4 is 11.9 Å². The van der Waals surface area contributed by atoms with Crippen LogP contribution in [0.3, 0.4) is 0 Å². The molecular formula is C25H26F3N7O2. The van der Waals surface area contributed by atoms with E-state index in [1.54, 1.807) is 28.9 Å². The van der Waals surface area contributed by atoms with Gasteiger partial charge in [-0.3, -0.25) is 10.1 Å². The first-order valence-electron chi connectivity index (χ1n) is 11.8. The highest BCUT2D eigenvalue weighted by Gasteiger charge is 2.31. The lowest BCUT2D eigenvalue weighted by molar-refractivity contribution is -0.274. The third kappa shape index (κ3) is 6.93. The monoisotopic (exact) mass is 513 g/mol. The van der Waals surface area contributed by atoms with E-state index >= 15 is 0 Å². The molecule has 4 N–H and O–H groups in total. The molecule has 194 valence electrons. The molecule has 2 aromatic carbocycles. The lowest BCUT2D eigenvalue weighted by atomic mass is 9.85. The number of halogens is 3. The SMILES string of the molecule is N=N/N=C(\N)NC(=O)c1ccc(Cc2cn(-c3ccc(OC(F)(F)F)cc3)nc2C2CCCCC2)cc1. The number of carbonyl (C=O) groups is 1. The van der Waals surface area contributed by atoms with Crippen LogP contribution in [0.15, 0.2) is 65.1 Å². The highest BCUT2D eigenvalue weighted by molar-refractivity contribution is 6.05. The average Bonchev–Trinajstić information content (AvgIpc) is 3.28. The molecule has 12 heteroatoms. The molecule has 0 saturated heterocycles. The zero-order valence-corrected chi connectivity index (χ0v) is 19.8. The molecule has 1 fully saturated rings. The Balaban J connectivity index is 1.56. The molecule has 37 heavy (non-hydrogen) atoms. The van der Waals surface area contributed by atoms with Gasteiger partial charge in [-0.25, -0.2) is 4.68 Å². The number of amides is 1. The first-order chi connectivity index (χ1) is 17.7. The number of rotatable bonds is 7. The van der Waals surface area contributed by atoms with Crippen molar-refractivity contribution in [1.29, 1.82) is 5.53 Å². The van der Waals surface area contributed by atoms with Gasteiger partial charge >= 0.3 is 6.36 Å². The van der Waals surface area contributed by atoms with Crippen LogP contribution in [-0.2, 0) is 6.42 Å². The fraction of sp³-hybridized carbons (Fsp3) is 0.320. The van der Waals surface area contributed by atoms with Gasteiger partial charge in [0.1, 0.15) is 5.75 Å². The van der Waals surface area contributed by atoms with Gasteiger partial charge in [-0.15, -0.1) is 13.2 Å². The summed E-state index contributed by atoms with van der Waals surface area (Å²) in [5.74, 6) is -0.716. The number of hydrogen-bond acceptors (Lipinski definition) is 5. The normalized spacial score (nSPS) is 14.8. The summed E-state index contributed by atoms with van der Waals surface area (Å²) < 4.78 is 43.2. The molecule has 3 aromatic rings. The van der Waals surface area contributed by atoms with Gasteiger partial charge in [0.15, 0.2) is 0 Å². The lowest BCUT2D eigenvalue weighted by Crippen LogP contribution is -2.36. The van der Waals surface area contributed by atoms with Gasteiger partial charge in [-0.05, 0) is 65.6 Å². The maximum Gasteiger partial charge on any atom is 0.573 e. The van der Waals surface area contributed by atoms with Gasteiger partial charge in [0, 0.05) is 24.1 Å². The number of nitrogens with zero attached hydrogens (tertiary/aromatic N) is 4. The second-order valence-electron chi connectivity index (χ2n) is 8.77. The summed E-state index contributed by atoms with van der Waals surface area (Å²) in [5, 5.41) is 13.2. The Morgan fingerprint density at radius 2 is 1.78 bits per heavy atom. The summed E-state index contributed by atoms with van der Waals surface area (Å²) in [5.41, 5.74) is 16.1. The standard InChI is InChI=1S/C25H26F3N7O2/c26-25(27,28)37-21-12-10-20(11-13-21)35-15-19(22(33-35)17-4-2-1-3-5-17)14-16-6-8-18(9-7-16)23(36)31-24(29)32-34-30/h6-13,15,17H,1-5,14H2,(H4,29,30,31,32,36). The zero-order valence-electron chi connectivity index (χ0n) is 19.8. The molecule has 0 aliphatic heterocycles. The predicted octanol–water partition coefficient (Wildman–Crippen LogP) is 5.40. The minimum Gasteiger partial charge on any atom is -0.406 e. The minimum absolute atomic E-state index is 0.272. The van der Waals surface area contributed by atoms with E-state index in [9.17, 15) is 18.0 Å². The topological polar surface area (TPSA) is 131 Å². The smallest absolute Gasteiger partial charge is 0.406 e. The van der Waals surface area contributed by atoms with E-state index in [0.29, 0.717) is 23.6 Å². The van der Waals surface area contributed by atoms with Crippen LogP contribution in [0, 0.1) is 5.53 Å². The van der Waals surface area contributed by atoms with Gasteiger partial charge < -0.3 is 10.5 Å². The summed E-state index contributed by atoms with van der Waals surface area (Å²) in [6, 6.07) is 12.6. The Bertz CT molecular complexity index is 1260. The third-order valence-electron chi connectivity index (χ3n) is 6.16. The molecule has 1 aromatic heterocycles. The van der Waals surface area contributed by atoms with Crippen molar-refractivity contribution in [3.8, 4) is 11.4 Å². The number of hydrogen-bond donors (Lipinski definition) is 3. The summed E-state index contributed by atoms with van der Waals surface area (Å²) >= 11 is 0. The molecule has 0 radical (unpaired) electrons. The second-order valence-corrected chi connectivity index (χ2v) is 8.77. The van der Waals surface area contributed by atoms with Crippen LogP contribution in [0.5, 0.6) is 5.75 Å². The lowest BCUT2D eigenvalue weighted by Gasteiger charge is -2.21. The van der Waals surface area contributed by atoms with Crippen LogP contribution < -0.4 is 15.8 Å². The van der Waals surface area contributed by atoms with E-state index in [1.165, 1.54) is 18.6 Å². The molecule has 1 saturated carbocycles. The largest absolute Gasteiger partial charge is 0.573 e. The van der Waals surface area contributed by atoms with Crippen LogP contribution >= 0.6 is 0 Å². The van der Waals surface area contributed by atoms with E-state index in [0.717, 1.165) is 42.5 Å². The van der Waals surface area contributed by atoms with Gasteiger partial charge in [-0.1, -0.05) is 36.5 Å². The third-order valence-corrected chi connectivity index (χ3v) is 6.16. The van der Waals surface area contributed by atoms with Crippen LogP contribution in [0.2, 0.25) is 0 Å². The van der Waals surface area contributed by atoms with Crippen molar-refractivity contribution < 1.29 is 22.7 Å². The maximum absolute atomic E-state index is 12.5. The molecule has 0 spiro atoms. The van der Waals surface area contributed by atoms with Gasteiger partial charge in [0.05, 0.1) is 11.4 Å². The highest BCUT2D eigenvalue weighted by Crippen LogP contribution is 2.35. The van der Waals surface area contributed by atoms with Crippen molar-refractivity contribution in [2.24, 2.45) is 16.1 Å². The Hall–Kier alpha value is -4.22. The van der Waals surface area contributed by atoms with E-state index in [-0.39, 0.29) is 11.7 Å².